The van der Waals surface area contributed by atoms with Crippen LogP contribution < -0.4 is 10.9 Å². The third-order valence-electron chi connectivity index (χ3n) is 3.63. The minimum absolute atomic E-state index is 0.216. The van der Waals surface area contributed by atoms with E-state index in [1.54, 1.807) is 48.8 Å². The van der Waals surface area contributed by atoms with Gasteiger partial charge < -0.3 is 5.32 Å². The third kappa shape index (κ3) is 2.94. The molecule has 3 heterocycles. The maximum atomic E-state index is 13.3. The molecule has 6 nitrogen and oxygen atoms in total. The first-order valence-electron chi connectivity index (χ1n) is 7.52. The molecule has 4 aromatic rings. The fraction of sp³-hybridized carbons (Fsp3) is 0. The summed E-state index contributed by atoms with van der Waals surface area (Å²) in [6.07, 6.45) is 4.65. The van der Waals surface area contributed by atoms with E-state index in [0.717, 1.165) is 0 Å². The smallest absolute Gasteiger partial charge is 0.284 e. The van der Waals surface area contributed by atoms with Gasteiger partial charge in [-0.05, 0) is 42.5 Å². The van der Waals surface area contributed by atoms with E-state index in [0.29, 0.717) is 22.7 Å². The highest BCUT2D eigenvalue weighted by atomic mass is 19.1. The van der Waals surface area contributed by atoms with Crippen LogP contribution in [0.25, 0.3) is 16.7 Å². The van der Waals surface area contributed by atoms with Crippen molar-refractivity contribution >= 4 is 22.5 Å². The molecule has 25 heavy (non-hydrogen) atoms. The lowest BCUT2D eigenvalue weighted by atomic mass is 10.3. The Morgan fingerprint density at radius 3 is 2.80 bits per heavy atom. The molecule has 1 N–H and O–H groups in total. The zero-order valence-corrected chi connectivity index (χ0v) is 12.9. The lowest BCUT2D eigenvalue weighted by Crippen LogP contribution is -2.20. The average Bonchev–Trinajstić information content (AvgIpc) is 2.63. The monoisotopic (exact) mass is 333 g/mol. The molecule has 0 saturated heterocycles. The van der Waals surface area contributed by atoms with Crippen molar-refractivity contribution in [1.29, 1.82) is 0 Å². The second-order valence-corrected chi connectivity index (χ2v) is 5.33. The SMILES string of the molecule is O=c1c2nc(Nc3cccc(F)c3)ccc2ncn1-c1cccnc1. The fourth-order valence-corrected chi connectivity index (χ4v) is 2.46. The molecule has 0 aliphatic rings. The van der Waals surface area contributed by atoms with Crippen molar-refractivity contribution < 1.29 is 4.39 Å². The number of pyridine rings is 2. The molecular weight excluding hydrogens is 321 g/mol. The van der Waals surface area contributed by atoms with E-state index in [1.807, 2.05) is 0 Å². The topological polar surface area (TPSA) is 72.7 Å². The van der Waals surface area contributed by atoms with Crippen molar-refractivity contribution in [3.8, 4) is 5.69 Å². The number of aromatic nitrogens is 4. The molecule has 1 aromatic carbocycles. The number of hydrogen-bond acceptors (Lipinski definition) is 5. The van der Waals surface area contributed by atoms with E-state index in [1.165, 1.54) is 23.0 Å². The molecule has 0 spiro atoms. The third-order valence-corrected chi connectivity index (χ3v) is 3.63. The van der Waals surface area contributed by atoms with Crippen molar-refractivity contribution in [2.45, 2.75) is 0 Å². The highest BCUT2D eigenvalue weighted by molar-refractivity contribution is 5.76. The van der Waals surface area contributed by atoms with Crippen molar-refractivity contribution in [2.75, 3.05) is 5.32 Å². The molecule has 0 unspecified atom stereocenters. The first-order chi connectivity index (χ1) is 12.2. The molecule has 3 aromatic heterocycles. The largest absolute Gasteiger partial charge is 0.340 e. The van der Waals surface area contributed by atoms with Crippen LogP contribution in [0.2, 0.25) is 0 Å². The fourth-order valence-electron chi connectivity index (χ4n) is 2.46. The first kappa shape index (κ1) is 14.9. The lowest BCUT2D eigenvalue weighted by molar-refractivity contribution is 0.628. The molecule has 0 atom stereocenters. The Balaban J connectivity index is 1.79. The van der Waals surface area contributed by atoms with Gasteiger partial charge in [0.25, 0.3) is 5.56 Å². The highest BCUT2D eigenvalue weighted by Crippen LogP contribution is 2.17. The van der Waals surface area contributed by atoms with Gasteiger partial charge in [-0.3, -0.25) is 14.3 Å². The first-order valence-corrected chi connectivity index (χ1v) is 7.52. The second-order valence-electron chi connectivity index (χ2n) is 5.33. The maximum absolute atomic E-state index is 13.3. The van der Waals surface area contributed by atoms with Gasteiger partial charge in [-0.25, -0.2) is 14.4 Å². The minimum Gasteiger partial charge on any atom is -0.340 e. The van der Waals surface area contributed by atoms with Gasteiger partial charge in [-0.15, -0.1) is 0 Å². The van der Waals surface area contributed by atoms with E-state index in [9.17, 15) is 9.18 Å². The molecule has 7 heteroatoms. The molecular formula is C18H12FN5O. The number of hydrogen-bond donors (Lipinski definition) is 1. The number of nitrogens with zero attached hydrogens (tertiary/aromatic N) is 4. The highest BCUT2D eigenvalue weighted by Gasteiger charge is 2.09. The Kier molecular flexibility index (Phi) is 3.66. The quantitative estimate of drug-likeness (QED) is 0.624. The summed E-state index contributed by atoms with van der Waals surface area (Å²) in [5.41, 5.74) is 1.54. The Bertz CT molecular complexity index is 1110. The molecule has 0 aliphatic heterocycles. The van der Waals surface area contributed by atoms with Gasteiger partial charge in [-0.1, -0.05) is 6.07 Å². The summed E-state index contributed by atoms with van der Waals surface area (Å²) in [7, 11) is 0. The predicted molar refractivity (Wildman–Crippen MR) is 92.6 cm³/mol. The zero-order valence-electron chi connectivity index (χ0n) is 12.9. The van der Waals surface area contributed by atoms with Crippen LogP contribution in [-0.2, 0) is 0 Å². The average molecular weight is 333 g/mol. The summed E-state index contributed by atoms with van der Waals surface area (Å²) >= 11 is 0. The number of benzene rings is 1. The van der Waals surface area contributed by atoms with Crippen molar-refractivity contribution in [2.24, 2.45) is 0 Å². The molecule has 0 radical (unpaired) electrons. The Hall–Kier alpha value is -3.61. The summed E-state index contributed by atoms with van der Waals surface area (Å²) < 4.78 is 14.7. The van der Waals surface area contributed by atoms with Crippen LogP contribution >= 0.6 is 0 Å². The van der Waals surface area contributed by atoms with Crippen LogP contribution in [0, 0.1) is 5.82 Å². The second kappa shape index (κ2) is 6.12. The molecule has 0 aliphatic carbocycles. The number of fused-ring (bicyclic) bond motifs is 1. The Labute approximate surface area is 141 Å². The van der Waals surface area contributed by atoms with Crippen LogP contribution in [0.3, 0.4) is 0 Å². The van der Waals surface area contributed by atoms with Crippen LogP contribution in [0.1, 0.15) is 0 Å². The summed E-state index contributed by atoms with van der Waals surface area (Å²) in [5, 5.41) is 2.98. The van der Waals surface area contributed by atoms with E-state index in [-0.39, 0.29) is 16.9 Å². The van der Waals surface area contributed by atoms with Gasteiger partial charge in [0, 0.05) is 11.9 Å². The molecule has 0 fully saturated rings. The van der Waals surface area contributed by atoms with Gasteiger partial charge >= 0.3 is 0 Å². The number of halogens is 1. The lowest BCUT2D eigenvalue weighted by Gasteiger charge is -2.08. The number of anilines is 2. The van der Waals surface area contributed by atoms with Crippen LogP contribution in [-0.4, -0.2) is 19.5 Å². The minimum atomic E-state index is -0.355. The van der Waals surface area contributed by atoms with E-state index in [2.05, 4.69) is 20.3 Å². The van der Waals surface area contributed by atoms with Crippen molar-refractivity contribution in [3.05, 3.63) is 83.4 Å². The Morgan fingerprint density at radius 2 is 2.00 bits per heavy atom. The molecule has 0 amide bonds. The van der Waals surface area contributed by atoms with Gasteiger partial charge in [0.2, 0.25) is 0 Å². The van der Waals surface area contributed by atoms with Gasteiger partial charge in [0.1, 0.15) is 18.0 Å². The maximum Gasteiger partial charge on any atom is 0.284 e. The van der Waals surface area contributed by atoms with Crippen molar-refractivity contribution in [3.63, 3.8) is 0 Å². The van der Waals surface area contributed by atoms with E-state index < -0.39 is 0 Å². The van der Waals surface area contributed by atoms with Gasteiger partial charge in [0.05, 0.1) is 17.4 Å². The molecule has 4 rings (SSSR count). The molecule has 0 bridgehead atoms. The molecule has 122 valence electrons. The summed E-state index contributed by atoms with van der Waals surface area (Å²) in [4.78, 5) is 25.3. The van der Waals surface area contributed by atoms with Gasteiger partial charge in [-0.2, -0.15) is 0 Å². The predicted octanol–water partition coefficient (Wildman–Crippen LogP) is 3.06. The number of rotatable bonds is 3. The Morgan fingerprint density at radius 1 is 1.08 bits per heavy atom. The van der Waals surface area contributed by atoms with E-state index >= 15 is 0 Å². The van der Waals surface area contributed by atoms with E-state index in [4.69, 9.17) is 0 Å². The normalized spacial score (nSPS) is 10.8. The van der Waals surface area contributed by atoms with Crippen LogP contribution in [0.5, 0.6) is 0 Å². The van der Waals surface area contributed by atoms with Crippen LogP contribution in [0.15, 0.2) is 72.0 Å². The van der Waals surface area contributed by atoms with Crippen molar-refractivity contribution in [1.82, 2.24) is 19.5 Å². The summed E-state index contributed by atoms with van der Waals surface area (Å²) in [5.74, 6) is 0.0762. The summed E-state index contributed by atoms with van der Waals surface area (Å²) in [6, 6.07) is 12.9. The van der Waals surface area contributed by atoms with Gasteiger partial charge in [0.15, 0.2) is 5.52 Å². The summed E-state index contributed by atoms with van der Waals surface area (Å²) in [6.45, 7) is 0. The number of nitrogens with one attached hydrogen (secondary N) is 1. The standard InChI is InChI=1S/C18H12FN5O/c19-12-3-1-4-13(9-12)22-16-7-6-15-17(23-16)18(25)24(11-21-15)14-5-2-8-20-10-14/h1-11H,(H,22,23). The molecule has 0 saturated carbocycles. The zero-order chi connectivity index (χ0) is 17.2. The van der Waals surface area contributed by atoms with Crippen LogP contribution in [0.4, 0.5) is 15.9 Å².